The minimum absolute atomic E-state index is 0.00569. The molecule has 0 spiro atoms. The highest BCUT2D eigenvalue weighted by molar-refractivity contribution is 5.96. The molecular weight excluding hydrogens is 188 g/mol. The maximum atomic E-state index is 11.5. The van der Waals surface area contributed by atoms with Gasteiger partial charge in [-0.05, 0) is 12.5 Å². The SMILES string of the molecule is C/C=C(\C(=O)CC)C(O)c1ccccc1. The number of hydrogen-bond donors (Lipinski definition) is 1. The van der Waals surface area contributed by atoms with Crippen molar-refractivity contribution in [1.82, 2.24) is 0 Å². The minimum Gasteiger partial charge on any atom is -0.384 e. The second-order valence-corrected chi connectivity index (χ2v) is 3.33. The number of rotatable bonds is 4. The Morgan fingerprint density at radius 2 is 2.00 bits per heavy atom. The van der Waals surface area contributed by atoms with Crippen LogP contribution in [0.2, 0.25) is 0 Å². The molecule has 80 valence electrons. The maximum absolute atomic E-state index is 11.5. The topological polar surface area (TPSA) is 37.3 Å². The number of carbonyl (C=O) groups excluding carboxylic acids is 1. The summed E-state index contributed by atoms with van der Waals surface area (Å²) in [5.41, 5.74) is 1.23. The van der Waals surface area contributed by atoms with Crippen molar-refractivity contribution in [3.8, 4) is 0 Å². The van der Waals surface area contributed by atoms with E-state index in [9.17, 15) is 9.90 Å². The van der Waals surface area contributed by atoms with Crippen LogP contribution >= 0.6 is 0 Å². The van der Waals surface area contributed by atoms with Crippen LogP contribution in [0.1, 0.15) is 31.9 Å². The Labute approximate surface area is 90.3 Å². The normalized spacial score (nSPS) is 13.7. The van der Waals surface area contributed by atoms with E-state index >= 15 is 0 Å². The van der Waals surface area contributed by atoms with E-state index in [1.807, 2.05) is 30.3 Å². The van der Waals surface area contributed by atoms with E-state index in [1.54, 1.807) is 19.9 Å². The van der Waals surface area contributed by atoms with Crippen LogP contribution in [0, 0.1) is 0 Å². The van der Waals surface area contributed by atoms with Gasteiger partial charge in [-0.15, -0.1) is 0 Å². The van der Waals surface area contributed by atoms with Crippen LogP contribution in [-0.4, -0.2) is 10.9 Å². The summed E-state index contributed by atoms with van der Waals surface area (Å²) in [6.45, 7) is 3.57. The molecule has 0 saturated carbocycles. The third-order valence-corrected chi connectivity index (χ3v) is 2.36. The first-order valence-electron chi connectivity index (χ1n) is 5.13. The van der Waals surface area contributed by atoms with Gasteiger partial charge < -0.3 is 5.11 Å². The quantitative estimate of drug-likeness (QED) is 0.765. The van der Waals surface area contributed by atoms with E-state index in [-0.39, 0.29) is 5.78 Å². The fourth-order valence-corrected chi connectivity index (χ4v) is 1.49. The number of aliphatic hydroxyl groups excluding tert-OH is 1. The van der Waals surface area contributed by atoms with Crippen molar-refractivity contribution in [2.75, 3.05) is 0 Å². The highest BCUT2D eigenvalue weighted by atomic mass is 16.3. The molecule has 0 heterocycles. The molecule has 0 amide bonds. The number of ketones is 1. The molecule has 0 aliphatic rings. The van der Waals surface area contributed by atoms with Gasteiger partial charge in [-0.1, -0.05) is 43.3 Å². The van der Waals surface area contributed by atoms with Crippen LogP contribution in [0.3, 0.4) is 0 Å². The third kappa shape index (κ3) is 2.77. The molecule has 2 nitrogen and oxygen atoms in total. The van der Waals surface area contributed by atoms with Crippen molar-refractivity contribution in [3.05, 3.63) is 47.5 Å². The van der Waals surface area contributed by atoms with Gasteiger partial charge in [0, 0.05) is 12.0 Å². The molecule has 1 aromatic carbocycles. The van der Waals surface area contributed by atoms with E-state index in [4.69, 9.17) is 0 Å². The Morgan fingerprint density at radius 3 is 2.47 bits per heavy atom. The molecule has 0 radical (unpaired) electrons. The average molecular weight is 204 g/mol. The van der Waals surface area contributed by atoms with Crippen molar-refractivity contribution >= 4 is 5.78 Å². The Kier molecular flexibility index (Phi) is 4.25. The van der Waals surface area contributed by atoms with Gasteiger partial charge in [-0.2, -0.15) is 0 Å². The lowest BCUT2D eigenvalue weighted by atomic mass is 9.97. The number of hydrogen-bond acceptors (Lipinski definition) is 2. The van der Waals surface area contributed by atoms with Gasteiger partial charge in [-0.3, -0.25) is 4.79 Å². The van der Waals surface area contributed by atoms with Gasteiger partial charge in [0.1, 0.15) is 6.10 Å². The fraction of sp³-hybridized carbons (Fsp3) is 0.308. The fourth-order valence-electron chi connectivity index (χ4n) is 1.49. The van der Waals surface area contributed by atoms with Crippen molar-refractivity contribution < 1.29 is 9.90 Å². The van der Waals surface area contributed by atoms with Crippen LogP contribution in [0.5, 0.6) is 0 Å². The summed E-state index contributed by atoms with van der Waals surface area (Å²) in [6, 6.07) is 9.21. The van der Waals surface area contributed by atoms with Crippen molar-refractivity contribution in [2.24, 2.45) is 0 Å². The first-order chi connectivity index (χ1) is 7.20. The zero-order chi connectivity index (χ0) is 11.3. The first kappa shape index (κ1) is 11.7. The van der Waals surface area contributed by atoms with Gasteiger partial charge in [0.15, 0.2) is 5.78 Å². The zero-order valence-electron chi connectivity index (χ0n) is 9.10. The van der Waals surface area contributed by atoms with Crippen molar-refractivity contribution in [1.29, 1.82) is 0 Å². The molecule has 0 aromatic heterocycles. The summed E-state index contributed by atoms with van der Waals surface area (Å²) in [7, 11) is 0. The Hall–Kier alpha value is -1.41. The van der Waals surface area contributed by atoms with Crippen LogP contribution in [0.25, 0.3) is 0 Å². The zero-order valence-corrected chi connectivity index (χ0v) is 9.10. The van der Waals surface area contributed by atoms with E-state index in [0.717, 1.165) is 5.56 Å². The highest BCUT2D eigenvalue weighted by Crippen LogP contribution is 2.22. The number of carbonyl (C=O) groups is 1. The summed E-state index contributed by atoms with van der Waals surface area (Å²) >= 11 is 0. The molecule has 1 aromatic rings. The van der Waals surface area contributed by atoms with Gasteiger partial charge in [0.05, 0.1) is 0 Å². The first-order valence-corrected chi connectivity index (χ1v) is 5.13. The van der Waals surface area contributed by atoms with Crippen LogP contribution in [0.15, 0.2) is 42.0 Å². The lowest BCUT2D eigenvalue weighted by molar-refractivity contribution is -0.116. The molecule has 0 aliphatic carbocycles. The molecule has 0 bridgehead atoms. The predicted octanol–water partition coefficient (Wildman–Crippen LogP) is 2.65. The average Bonchev–Trinajstić information content (AvgIpc) is 2.30. The summed E-state index contributed by atoms with van der Waals surface area (Å²) < 4.78 is 0. The molecular formula is C13H16O2. The second-order valence-electron chi connectivity index (χ2n) is 3.33. The number of Topliss-reactive ketones (excluding diaryl/α,β-unsaturated/α-hetero) is 1. The predicted molar refractivity (Wildman–Crippen MR) is 60.5 cm³/mol. The molecule has 1 N–H and O–H groups in total. The van der Waals surface area contributed by atoms with Crippen molar-refractivity contribution in [2.45, 2.75) is 26.4 Å². The van der Waals surface area contributed by atoms with E-state index < -0.39 is 6.10 Å². The van der Waals surface area contributed by atoms with Crippen LogP contribution < -0.4 is 0 Å². The minimum atomic E-state index is -0.802. The van der Waals surface area contributed by atoms with E-state index in [2.05, 4.69) is 0 Å². The van der Waals surface area contributed by atoms with Gasteiger partial charge in [-0.25, -0.2) is 0 Å². The molecule has 2 heteroatoms. The standard InChI is InChI=1S/C13H16O2/c1-3-11(12(14)4-2)13(15)10-8-6-5-7-9-10/h3,5-9,13,15H,4H2,1-2H3/b11-3+. The number of benzene rings is 1. The monoisotopic (exact) mass is 204 g/mol. The lowest BCUT2D eigenvalue weighted by Gasteiger charge is -2.13. The molecule has 0 fully saturated rings. The summed E-state index contributed by atoms with van der Waals surface area (Å²) in [5.74, 6) is -0.00569. The van der Waals surface area contributed by atoms with Crippen LogP contribution in [0.4, 0.5) is 0 Å². The number of allylic oxidation sites excluding steroid dienone is 1. The van der Waals surface area contributed by atoms with Gasteiger partial charge in [0.25, 0.3) is 0 Å². The Bertz CT molecular complexity index is 352. The van der Waals surface area contributed by atoms with Gasteiger partial charge in [0.2, 0.25) is 0 Å². The van der Waals surface area contributed by atoms with Crippen molar-refractivity contribution in [3.63, 3.8) is 0 Å². The highest BCUT2D eigenvalue weighted by Gasteiger charge is 2.17. The summed E-state index contributed by atoms with van der Waals surface area (Å²) in [4.78, 5) is 11.5. The summed E-state index contributed by atoms with van der Waals surface area (Å²) in [6.07, 6.45) is 1.30. The summed E-state index contributed by atoms with van der Waals surface area (Å²) in [5, 5.41) is 9.99. The van der Waals surface area contributed by atoms with E-state index in [0.29, 0.717) is 12.0 Å². The molecule has 1 rings (SSSR count). The van der Waals surface area contributed by atoms with Crippen LogP contribution in [-0.2, 0) is 4.79 Å². The maximum Gasteiger partial charge on any atom is 0.161 e. The lowest BCUT2D eigenvalue weighted by Crippen LogP contribution is -2.10. The smallest absolute Gasteiger partial charge is 0.161 e. The molecule has 0 saturated heterocycles. The molecule has 1 atom stereocenters. The number of aliphatic hydroxyl groups is 1. The Morgan fingerprint density at radius 1 is 1.40 bits per heavy atom. The molecule has 0 aliphatic heterocycles. The largest absolute Gasteiger partial charge is 0.384 e. The molecule has 15 heavy (non-hydrogen) atoms. The second kappa shape index (κ2) is 5.47. The van der Waals surface area contributed by atoms with E-state index in [1.165, 1.54) is 0 Å². The van der Waals surface area contributed by atoms with Gasteiger partial charge >= 0.3 is 0 Å². The third-order valence-electron chi connectivity index (χ3n) is 2.36. The molecule has 1 unspecified atom stereocenters. The Balaban J connectivity index is 2.93.